The second-order valence-electron chi connectivity index (χ2n) is 4.67. The Labute approximate surface area is 118 Å². The molecule has 1 aliphatic heterocycles. The van der Waals surface area contributed by atoms with Crippen LogP contribution in [-0.4, -0.2) is 34.5 Å². The molecular weight excluding hydrogens is 317 g/mol. The lowest BCUT2D eigenvalue weighted by molar-refractivity contribution is -0.142. The Balaban J connectivity index is 2.33. The van der Waals surface area contributed by atoms with E-state index in [9.17, 15) is 19.1 Å². The number of benzene rings is 1. The van der Waals surface area contributed by atoms with Crippen LogP contribution in [0.4, 0.5) is 4.39 Å². The van der Waals surface area contributed by atoms with Crippen LogP contribution in [-0.2, 0) is 4.79 Å². The van der Waals surface area contributed by atoms with Gasteiger partial charge in [-0.25, -0.2) is 9.18 Å². The molecule has 1 N–H and O–H groups in total. The van der Waals surface area contributed by atoms with Crippen molar-refractivity contribution in [2.75, 3.05) is 6.54 Å². The third-order valence-corrected chi connectivity index (χ3v) is 3.87. The zero-order chi connectivity index (χ0) is 14.2. The van der Waals surface area contributed by atoms with Gasteiger partial charge in [0.05, 0.1) is 5.56 Å². The van der Waals surface area contributed by atoms with E-state index in [1.54, 1.807) is 6.92 Å². The van der Waals surface area contributed by atoms with Crippen LogP contribution in [0, 0.1) is 11.7 Å². The molecule has 1 aromatic carbocycles. The third kappa shape index (κ3) is 2.63. The van der Waals surface area contributed by atoms with Crippen LogP contribution in [0.2, 0.25) is 0 Å². The van der Waals surface area contributed by atoms with Crippen LogP contribution < -0.4 is 0 Å². The summed E-state index contributed by atoms with van der Waals surface area (Å²) < 4.78 is 14.3. The molecule has 1 heterocycles. The molecule has 0 aliphatic carbocycles. The van der Waals surface area contributed by atoms with Crippen LogP contribution in [0.5, 0.6) is 0 Å². The van der Waals surface area contributed by atoms with E-state index in [0.717, 1.165) is 0 Å². The van der Waals surface area contributed by atoms with Crippen LogP contribution in [0.3, 0.4) is 0 Å². The summed E-state index contributed by atoms with van der Waals surface area (Å²) in [4.78, 5) is 24.7. The van der Waals surface area contributed by atoms with E-state index in [1.807, 2.05) is 0 Å². The van der Waals surface area contributed by atoms with Gasteiger partial charge < -0.3 is 10.0 Å². The van der Waals surface area contributed by atoms with Crippen molar-refractivity contribution < 1.29 is 19.1 Å². The lowest BCUT2D eigenvalue weighted by atomic mass is 10.0. The van der Waals surface area contributed by atoms with Crippen molar-refractivity contribution >= 4 is 27.8 Å². The molecule has 1 aliphatic rings. The summed E-state index contributed by atoms with van der Waals surface area (Å²) in [6.07, 6.45) is 0.609. The zero-order valence-electron chi connectivity index (χ0n) is 10.3. The number of halogens is 2. The van der Waals surface area contributed by atoms with Gasteiger partial charge in [0.1, 0.15) is 11.9 Å². The fraction of sp³-hybridized carbons (Fsp3) is 0.385. The molecule has 2 unspecified atom stereocenters. The fourth-order valence-electron chi connectivity index (χ4n) is 2.37. The fourth-order valence-corrected chi connectivity index (χ4v) is 2.73. The molecule has 0 spiro atoms. The van der Waals surface area contributed by atoms with Gasteiger partial charge in [-0.05, 0) is 30.5 Å². The van der Waals surface area contributed by atoms with Crippen molar-refractivity contribution in [3.8, 4) is 0 Å². The van der Waals surface area contributed by atoms with Crippen LogP contribution in [0.1, 0.15) is 23.7 Å². The maximum Gasteiger partial charge on any atom is 0.326 e. The number of carbonyl (C=O) groups is 2. The summed E-state index contributed by atoms with van der Waals surface area (Å²) in [6.45, 7) is 2.12. The van der Waals surface area contributed by atoms with E-state index < -0.39 is 23.7 Å². The minimum atomic E-state index is -1.05. The topological polar surface area (TPSA) is 57.6 Å². The molecule has 1 aromatic rings. The molecule has 0 radical (unpaired) electrons. The van der Waals surface area contributed by atoms with E-state index in [1.165, 1.54) is 23.1 Å². The molecule has 102 valence electrons. The largest absolute Gasteiger partial charge is 0.480 e. The molecule has 0 bridgehead atoms. The number of amides is 1. The normalized spacial score (nSPS) is 22.6. The molecule has 1 amide bonds. The summed E-state index contributed by atoms with van der Waals surface area (Å²) in [5, 5.41) is 9.18. The van der Waals surface area contributed by atoms with Gasteiger partial charge in [-0.1, -0.05) is 22.9 Å². The molecule has 4 nitrogen and oxygen atoms in total. The van der Waals surface area contributed by atoms with Crippen molar-refractivity contribution in [3.05, 3.63) is 34.1 Å². The zero-order valence-corrected chi connectivity index (χ0v) is 11.9. The Hall–Kier alpha value is -1.43. The predicted molar refractivity (Wildman–Crippen MR) is 70.3 cm³/mol. The summed E-state index contributed by atoms with van der Waals surface area (Å²) in [7, 11) is 0. The molecule has 0 aromatic heterocycles. The Bertz CT molecular complexity index is 535. The molecular formula is C13H13BrFNO3. The van der Waals surface area contributed by atoms with Gasteiger partial charge in [0.2, 0.25) is 0 Å². The van der Waals surface area contributed by atoms with Crippen molar-refractivity contribution in [1.82, 2.24) is 4.90 Å². The standard InChI is InChI=1S/C13H13BrFNO3/c1-7-4-5-16(11(7)13(18)19)12(17)9-6-8(14)2-3-10(9)15/h2-3,6-7,11H,4-5H2,1H3,(H,18,19). The molecule has 1 saturated heterocycles. The minimum absolute atomic E-state index is 0.102. The van der Waals surface area contributed by atoms with Gasteiger partial charge in [0.15, 0.2) is 0 Å². The lowest BCUT2D eigenvalue weighted by Crippen LogP contribution is -2.43. The molecule has 1 fully saturated rings. The monoisotopic (exact) mass is 329 g/mol. The van der Waals surface area contributed by atoms with Crippen molar-refractivity contribution in [3.63, 3.8) is 0 Å². The predicted octanol–water partition coefficient (Wildman–Crippen LogP) is 2.52. The van der Waals surface area contributed by atoms with E-state index in [2.05, 4.69) is 15.9 Å². The molecule has 2 rings (SSSR count). The second kappa shape index (κ2) is 5.28. The van der Waals surface area contributed by atoms with Crippen LogP contribution in [0.25, 0.3) is 0 Å². The van der Waals surface area contributed by atoms with E-state index >= 15 is 0 Å². The SMILES string of the molecule is CC1CCN(C(=O)c2cc(Br)ccc2F)C1C(=O)O. The molecule has 6 heteroatoms. The number of carboxylic acid groups (broad SMARTS) is 1. The number of rotatable bonds is 2. The number of carboxylic acids is 1. The van der Waals surface area contributed by atoms with Gasteiger partial charge >= 0.3 is 5.97 Å². The first-order valence-electron chi connectivity index (χ1n) is 5.90. The second-order valence-corrected chi connectivity index (χ2v) is 5.59. The number of nitrogens with zero attached hydrogens (tertiary/aromatic N) is 1. The minimum Gasteiger partial charge on any atom is -0.480 e. The van der Waals surface area contributed by atoms with E-state index in [-0.39, 0.29) is 11.5 Å². The summed E-state index contributed by atoms with van der Waals surface area (Å²) in [5.74, 6) is -2.39. The number of aliphatic carboxylic acids is 1. The van der Waals surface area contributed by atoms with Crippen molar-refractivity contribution in [2.24, 2.45) is 5.92 Å². The average Bonchev–Trinajstić information content (AvgIpc) is 2.73. The van der Waals surface area contributed by atoms with Crippen LogP contribution in [0.15, 0.2) is 22.7 Å². The summed E-state index contributed by atoms with van der Waals surface area (Å²) in [6, 6.07) is 3.17. The Morgan fingerprint density at radius 2 is 2.16 bits per heavy atom. The quantitative estimate of drug-likeness (QED) is 0.907. The summed E-state index contributed by atoms with van der Waals surface area (Å²) >= 11 is 3.18. The highest BCUT2D eigenvalue weighted by atomic mass is 79.9. The van der Waals surface area contributed by atoms with Crippen molar-refractivity contribution in [1.29, 1.82) is 0 Å². The average molecular weight is 330 g/mol. The lowest BCUT2D eigenvalue weighted by Gasteiger charge is -2.23. The molecule has 2 atom stereocenters. The highest BCUT2D eigenvalue weighted by Gasteiger charge is 2.40. The van der Waals surface area contributed by atoms with E-state index in [0.29, 0.717) is 17.4 Å². The van der Waals surface area contributed by atoms with Crippen LogP contribution >= 0.6 is 15.9 Å². The van der Waals surface area contributed by atoms with Gasteiger partial charge in [-0.2, -0.15) is 0 Å². The molecule has 19 heavy (non-hydrogen) atoms. The van der Waals surface area contributed by atoms with Gasteiger partial charge in [0.25, 0.3) is 5.91 Å². The first kappa shape index (κ1) is 14.0. The van der Waals surface area contributed by atoms with Gasteiger partial charge in [0, 0.05) is 11.0 Å². The number of hydrogen-bond donors (Lipinski definition) is 1. The van der Waals surface area contributed by atoms with Crippen molar-refractivity contribution in [2.45, 2.75) is 19.4 Å². The Morgan fingerprint density at radius 1 is 1.47 bits per heavy atom. The smallest absolute Gasteiger partial charge is 0.326 e. The summed E-state index contributed by atoms with van der Waals surface area (Å²) in [5.41, 5.74) is -0.102. The Kier molecular flexibility index (Phi) is 3.89. The Morgan fingerprint density at radius 3 is 2.79 bits per heavy atom. The van der Waals surface area contributed by atoms with E-state index in [4.69, 9.17) is 0 Å². The first-order chi connectivity index (χ1) is 8.91. The van der Waals surface area contributed by atoms with Gasteiger partial charge in [-0.15, -0.1) is 0 Å². The maximum absolute atomic E-state index is 13.7. The number of carbonyl (C=O) groups excluding carboxylic acids is 1. The van der Waals surface area contributed by atoms with Gasteiger partial charge in [-0.3, -0.25) is 4.79 Å². The first-order valence-corrected chi connectivity index (χ1v) is 6.70. The highest BCUT2D eigenvalue weighted by Crippen LogP contribution is 2.27. The molecule has 0 saturated carbocycles. The highest BCUT2D eigenvalue weighted by molar-refractivity contribution is 9.10. The maximum atomic E-state index is 13.7. The number of likely N-dealkylation sites (tertiary alicyclic amines) is 1. The third-order valence-electron chi connectivity index (χ3n) is 3.37. The number of hydrogen-bond acceptors (Lipinski definition) is 2.